The zero-order chi connectivity index (χ0) is 17.7. The highest BCUT2D eigenvalue weighted by Gasteiger charge is 2.10. The molecule has 0 aromatic heterocycles. The molecule has 1 amide bonds. The Morgan fingerprint density at radius 2 is 2.04 bits per heavy atom. The molecule has 1 N–H and O–H groups in total. The van der Waals surface area contributed by atoms with Crippen LogP contribution >= 0.6 is 27.5 Å². The van der Waals surface area contributed by atoms with Gasteiger partial charge < -0.3 is 10.1 Å². The monoisotopic (exact) mass is 409 g/mol. The minimum Gasteiger partial charge on any atom is -0.483 e. The first-order valence-electron chi connectivity index (χ1n) is 7.89. The maximum absolute atomic E-state index is 12.0. The third-order valence-corrected chi connectivity index (χ3v) is 4.98. The predicted octanol–water partition coefficient (Wildman–Crippen LogP) is 5.94. The number of anilines is 1. The lowest BCUT2D eigenvalue weighted by Gasteiger charge is -2.13. The van der Waals surface area contributed by atoms with Crippen LogP contribution in [0.4, 0.5) is 5.69 Å². The molecular weight excluding hydrogens is 390 g/mol. The highest BCUT2D eigenvalue weighted by atomic mass is 79.9. The van der Waals surface area contributed by atoms with Crippen molar-refractivity contribution in [2.45, 2.75) is 33.1 Å². The normalized spacial score (nSPS) is 11.9. The smallest absolute Gasteiger partial charge is 0.262 e. The van der Waals surface area contributed by atoms with Crippen LogP contribution in [0.1, 0.15) is 37.3 Å². The van der Waals surface area contributed by atoms with Gasteiger partial charge in [-0.2, -0.15) is 0 Å². The Kier molecular flexibility index (Phi) is 6.69. The summed E-state index contributed by atoms with van der Waals surface area (Å²) in [6, 6.07) is 11.4. The number of carbonyl (C=O) groups excluding carboxylic acids is 1. The molecule has 0 aliphatic rings. The van der Waals surface area contributed by atoms with Crippen LogP contribution in [0.15, 0.2) is 40.9 Å². The molecule has 2 aromatic rings. The molecule has 0 aliphatic carbocycles. The van der Waals surface area contributed by atoms with Crippen molar-refractivity contribution in [3.05, 3.63) is 57.0 Å². The fourth-order valence-electron chi connectivity index (χ4n) is 2.19. The molecule has 1 atom stereocenters. The molecule has 1 unspecified atom stereocenters. The summed E-state index contributed by atoms with van der Waals surface area (Å²) < 4.78 is 6.45. The molecule has 2 rings (SSSR count). The summed E-state index contributed by atoms with van der Waals surface area (Å²) in [5, 5.41) is 3.40. The number of halogens is 2. The second-order valence-corrected chi connectivity index (χ2v) is 7.06. The van der Waals surface area contributed by atoms with Gasteiger partial charge in [0.1, 0.15) is 5.75 Å². The van der Waals surface area contributed by atoms with Crippen molar-refractivity contribution in [2.24, 2.45) is 0 Å². The molecule has 128 valence electrons. The van der Waals surface area contributed by atoms with E-state index in [1.54, 1.807) is 6.07 Å². The quantitative estimate of drug-likeness (QED) is 0.640. The lowest BCUT2D eigenvalue weighted by molar-refractivity contribution is -0.118. The van der Waals surface area contributed by atoms with Gasteiger partial charge in [-0.05, 0) is 70.6 Å². The largest absolute Gasteiger partial charge is 0.483 e. The van der Waals surface area contributed by atoms with E-state index >= 15 is 0 Å². The predicted molar refractivity (Wildman–Crippen MR) is 103 cm³/mol. The molecule has 24 heavy (non-hydrogen) atoms. The molecule has 0 fully saturated rings. The average molecular weight is 411 g/mol. The summed E-state index contributed by atoms with van der Waals surface area (Å²) in [5.41, 5.74) is 2.87. The summed E-state index contributed by atoms with van der Waals surface area (Å²) in [7, 11) is 0. The summed E-state index contributed by atoms with van der Waals surface area (Å²) >= 11 is 9.56. The van der Waals surface area contributed by atoms with Gasteiger partial charge in [0.25, 0.3) is 5.91 Å². The SMILES string of the molecule is CCC(C)c1ccc(OCC(=O)Nc2ccc(C)c(Cl)c2)c(Br)c1. The molecule has 0 bridgehead atoms. The molecule has 5 heteroatoms. The zero-order valence-electron chi connectivity index (χ0n) is 14.0. The third-order valence-electron chi connectivity index (χ3n) is 3.95. The Labute approximate surface area is 156 Å². The Hall–Kier alpha value is -1.52. The number of hydrogen-bond acceptors (Lipinski definition) is 2. The second-order valence-electron chi connectivity index (χ2n) is 5.80. The third kappa shape index (κ3) is 4.99. The van der Waals surface area contributed by atoms with Crippen LogP contribution < -0.4 is 10.1 Å². The molecule has 0 radical (unpaired) electrons. The van der Waals surface area contributed by atoms with Crippen LogP contribution in [0.2, 0.25) is 5.02 Å². The van der Waals surface area contributed by atoms with Gasteiger partial charge in [0.2, 0.25) is 0 Å². The van der Waals surface area contributed by atoms with Crippen molar-refractivity contribution in [2.75, 3.05) is 11.9 Å². The minimum absolute atomic E-state index is 0.0627. The second kappa shape index (κ2) is 8.54. The van der Waals surface area contributed by atoms with Crippen LogP contribution in [0.25, 0.3) is 0 Å². The Bertz CT molecular complexity index is 733. The van der Waals surface area contributed by atoms with Gasteiger partial charge in [0, 0.05) is 10.7 Å². The first-order chi connectivity index (χ1) is 11.4. The first-order valence-corrected chi connectivity index (χ1v) is 9.06. The van der Waals surface area contributed by atoms with Crippen molar-refractivity contribution < 1.29 is 9.53 Å². The first kappa shape index (κ1) is 18.8. The van der Waals surface area contributed by atoms with E-state index in [0.29, 0.717) is 22.4 Å². The maximum atomic E-state index is 12.0. The highest BCUT2D eigenvalue weighted by Crippen LogP contribution is 2.30. The Morgan fingerprint density at radius 3 is 2.67 bits per heavy atom. The standard InChI is InChI=1S/C19H21BrClNO2/c1-4-12(2)14-6-8-18(16(20)9-14)24-11-19(23)22-15-7-5-13(3)17(21)10-15/h5-10,12H,4,11H2,1-3H3,(H,22,23). The highest BCUT2D eigenvalue weighted by molar-refractivity contribution is 9.10. The van der Waals surface area contributed by atoms with E-state index in [-0.39, 0.29) is 12.5 Å². The van der Waals surface area contributed by atoms with Crippen LogP contribution in [0.5, 0.6) is 5.75 Å². The zero-order valence-corrected chi connectivity index (χ0v) is 16.4. The lowest BCUT2D eigenvalue weighted by atomic mass is 9.99. The van der Waals surface area contributed by atoms with Gasteiger partial charge in [-0.1, -0.05) is 37.6 Å². The number of hydrogen-bond donors (Lipinski definition) is 1. The summed E-state index contributed by atoms with van der Waals surface area (Å²) in [5.74, 6) is 0.914. The maximum Gasteiger partial charge on any atom is 0.262 e. The fourth-order valence-corrected chi connectivity index (χ4v) is 2.88. The van der Waals surface area contributed by atoms with Crippen molar-refractivity contribution in [3.63, 3.8) is 0 Å². The minimum atomic E-state index is -0.229. The van der Waals surface area contributed by atoms with Crippen LogP contribution in [0.3, 0.4) is 0 Å². The van der Waals surface area contributed by atoms with Gasteiger partial charge in [0.05, 0.1) is 4.47 Å². The molecule has 0 saturated carbocycles. The van der Waals surface area contributed by atoms with Crippen molar-refractivity contribution >= 4 is 39.1 Å². The molecule has 0 saturated heterocycles. The molecule has 2 aromatic carbocycles. The molecule has 3 nitrogen and oxygen atoms in total. The van der Waals surface area contributed by atoms with Gasteiger partial charge in [-0.3, -0.25) is 4.79 Å². The van der Waals surface area contributed by atoms with Crippen LogP contribution in [-0.2, 0) is 4.79 Å². The van der Waals surface area contributed by atoms with E-state index in [4.69, 9.17) is 16.3 Å². The van der Waals surface area contributed by atoms with Crippen molar-refractivity contribution in [1.82, 2.24) is 0 Å². The van der Waals surface area contributed by atoms with Gasteiger partial charge in [-0.25, -0.2) is 0 Å². The van der Waals surface area contributed by atoms with Crippen LogP contribution in [-0.4, -0.2) is 12.5 Å². The molecule has 0 heterocycles. The average Bonchev–Trinajstić information content (AvgIpc) is 2.56. The number of nitrogens with one attached hydrogen (secondary N) is 1. The van der Waals surface area contributed by atoms with Gasteiger partial charge in [0.15, 0.2) is 6.61 Å². The van der Waals surface area contributed by atoms with E-state index < -0.39 is 0 Å². The van der Waals surface area contributed by atoms with E-state index in [9.17, 15) is 4.79 Å². The Balaban J connectivity index is 1.95. The molecule has 0 spiro atoms. The summed E-state index contributed by atoms with van der Waals surface area (Å²) in [6.45, 7) is 6.19. The topological polar surface area (TPSA) is 38.3 Å². The van der Waals surface area contributed by atoms with Gasteiger partial charge in [-0.15, -0.1) is 0 Å². The van der Waals surface area contributed by atoms with Gasteiger partial charge >= 0.3 is 0 Å². The van der Waals surface area contributed by atoms with Crippen molar-refractivity contribution in [1.29, 1.82) is 0 Å². The fraction of sp³-hybridized carbons (Fsp3) is 0.316. The Morgan fingerprint density at radius 1 is 1.29 bits per heavy atom. The van der Waals surface area contributed by atoms with E-state index in [1.807, 2.05) is 37.3 Å². The number of rotatable bonds is 6. The summed E-state index contributed by atoms with van der Waals surface area (Å²) in [4.78, 5) is 12.0. The van der Waals surface area contributed by atoms with Crippen LogP contribution in [0, 0.1) is 6.92 Å². The summed E-state index contributed by atoms with van der Waals surface area (Å²) in [6.07, 6.45) is 1.08. The molecule has 0 aliphatic heterocycles. The number of ether oxygens (including phenoxy) is 1. The van der Waals surface area contributed by atoms with E-state index in [0.717, 1.165) is 16.5 Å². The van der Waals surface area contributed by atoms with E-state index in [2.05, 4.69) is 35.1 Å². The van der Waals surface area contributed by atoms with Crippen molar-refractivity contribution in [3.8, 4) is 5.75 Å². The lowest BCUT2D eigenvalue weighted by Crippen LogP contribution is -2.20. The van der Waals surface area contributed by atoms with E-state index in [1.165, 1.54) is 5.56 Å². The number of carbonyl (C=O) groups is 1. The number of aryl methyl sites for hydroxylation is 1. The molecular formula is C19H21BrClNO2. The number of benzene rings is 2. The number of amides is 1.